The van der Waals surface area contributed by atoms with Crippen LogP contribution in [0.25, 0.3) is 16.0 Å². The van der Waals surface area contributed by atoms with E-state index < -0.39 is 35.1 Å². The van der Waals surface area contributed by atoms with Gasteiger partial charge >= 0.3 is 5.91 Å². The Morgan fingerprint density at radius 2 is 1.65 bits per heavy atom. The number of rotatable bonds is 8. The first-order valence-electron chi connectivity index (χ1n) is 13.4. The molecule has 6 rings (SSSR count). The molecule has 1 aliphatic heterocycles. The van der Waals surface area contributed by atoms with Gasteiger partial charge in [0.1, 0.15) is 24.0 Å². The zero-order valence-corrected chi connectivity index (χ0v) is 23.6. The summed E-state index contributed by atoms with van der Waals surface area (Å²) in [4.78, 5) is 32.8. The summed E-state index contributed by atoms with van der Waals surface area (Å²) in [7, 11) is 0. The van der Waals surface area contributed by atoms with Gasteiger partial charge in [0.15, 0.2) is 16.6 Å². The van der Waals surface area contributed by atoms with Crippen LogP contribution in [0.1, 0.15) is 29.7 Å². The highest BCUT2D eigenvalue weighted by Crippen LogP contribution is 2.46. The largest absolute Gasteiger partial charge is 0.507 e. The minimum atomic E-state index is -1.13. The molecular formula is C33H24F2N2O5S. The van der Waals surface area contributed by atoms with Crippen molar-refractivity contribution in [1.82, 2.24) is 4.98 Å². The normalized spacial score (nSPS) is 16.2. The molecule has 1 atom stereocenters. The van der Waals surface area contributed by atoms with Crippen LogP contribution in [0.2, 0.25) is 0 Å². The van der Waals surface area contributed by atoms with E-state index in [2.05, 4.69) is 4.98 Å². The van der Waals surface area contributed by atoms with Crippen molar-refractivity contribution in [2.45, 2.75) is 19.6 Å². The Hall–Kier alpha value is -5.09. The Morgan fingerprint density at radius 3 is 2.40 bits per heavy atom. The molecule has 10 heteroatoms. The number of Topliss-reactive ketones (excluding diaryl/α,β-unsaturated/α-hetero) is 1. The van der Waals surface area contributed by atoms with Crippen molar-refractivity contribution in [2.24, 2.45) is 0 Å². The highest BCUT2D eigenvalue weighted by atomic mass is 32.1. The number of aliphatic hydroxyl groups is 1. The van der Waals surface area contributed by atoms with Gasteiger partial charge in [-0.2, -0.15) is 0 Å². The molecule has 5 aromatic rings. The van der Waals surface area contributed by atoms with Crippen LogP contribution in [-0.2, 0) is 16.2 Å². The van der Waals surface area contributed by atoms with Crippen molar-refractivity contribution < 1.29 is 33.0 Å². The number of fused-ring (bicyclic) bond motifs is 1. The third-order valence-corrected chi connectivity index (χ3v) is 7.95. The summed E-state index contributed by atoms with van der Waals surface area (Å²) in [5.41, 5.74) is 1.78. The molecule has 0 bridgehead atoms. The number of hydrogen-bond donors (Lipinski definition) is 1. The van der Waals surface area contributed by atoms with Crippen LogP contribution in [0, 0.1) is 11.6 Å². The van der Waals surface area contributed by atoms with Crippen molar-refractivity contribution in [3.63, 3.8) is 0 Å². The third kappa shape index (κ3) is 5.44. The van der Waals surface area contributed by atoms with E-state index in [4.69, 9.17) is 9.47 Å². The smallest absolute Gasteiger partial charge is 0.301 e. The number of ether oxygens (including phenoxy) is 2. The van der Waals surface area contributed by atoms with E-state index in [0.29, 0.717) is 33.9 Å². The summed E-state index contributed by atoms with van der Waals surface area (Å²) in [5, 5.41) is 11.5. The van der Waals surface area contributed by atoms with Crippen LogP contribution >= 0.6 is 11.3 Å². The maximum absolute atomic E-state index is 14.0. The number of carbonyl (C=O) groups is 2. The summed E-state index contributed by atoms with van der Waals surface area (Å²) in [5.74, 6) is -2.52. The first kappa shape index (κ1) is 28.0. The minimum Gasteiger partial charge on any atom is -0.507 e. The molecule has 7 nitrogen and oxygen atoms in total. The molecule has 1 unspecified atom stereocenters. The van der Waals surface area contributed by atoms with Crippen molar-refractivity contribution >= 4 is 44.1 Å². The highest BCUT2D eigenvalue weighted by Gasteiger charge is 2.48. The molecule has 216 valence electrons. The Balaban J connectivity index is 1.49. The van der Waals surface area contributed by atoms with Crippen LogP contribution in [0.15, 0.2) is 96.6 Å². The zero-order valence-electron chi connectivity index (χ0n) is 22.8. The zero-order chi connectivity index (χ0) is 30.1. The van der Waals surface area contributed by atoms with Crippen LogP contribution < -0.4 is 14.4 Å². The van der Waals surface area contributed by atoms with Gasteiger partial charge in [-0.1, -0.05) is 47.7 Å². The van der Waals surface area contributed by atoms with Gasteiger partial charge in [-0.15, -0.1) is 0 Å². The second kappa shape index (κ2) is 11.7. The molecule has 1 amide bonds. The van der Waals surface area contributed by atoms with Crippen molar-refractivity contribution in [1.29, 1.82) is 0 Å². The standard InChI is InChI=1S/C33H24F2N2O5S/c1-2-41-26-16-21(10-15-25(26)42-18-19-6-4-3-5-7-19)29-28(30(38)20-8-11-22(34)12-9-20)31(39)32(40)37(29)33-36-24-14-13-23(35)17-27(24)43-33/h3-17,29,38H,2,18H2,1H3/b30-28+. The third-order valence-electron chi connectivity index (χ3n) is 6.93. The number of thiazole rings is 1. The van der Waals surface area contributed by atoms with Crippen molar-refractivity contribution in [2.75, 3.05) is 11.5 Å². The van der Waals surface area contributed by atoms with Gasteiger partial charge in [0, 0.05) is 5.56 Å². The maximum Gasteiger partial charge on any atom is 0.301 e. The molecule has 2 heterocycles. The van der Waals surface area contributed by atoms with E-state index in [9.17, 15) is 23.5 Å². The fourth-order valence-electron chi connectivity index (χ4n) is 4.92. The second-order valence-corrected chi connectivity index (χ2v) is 10.7. The molecule has 1 N–H and O–H groups in total. The lowest BCUT2D eigenvalue weighted by Gasteiger charge is -2.24. The van der Waals surface area contributed by atoms with Crippen LogP contribution in [0.5, 0.6) is 11.5 Å². The minimum absolute atomic E-state index is 0.147. The summed E-state index contributed by atoms with van der Waals surface area (Å²) in [6.45, 7) is 2.41. The Morgan fingerprint density at radius 1 is 0.907 bits per heavy atom. The molecule has 0 aliphatic carbocycles. The van der Waals surface area contributed by atoms with Gasteiger partial charge in [-0.25, -0.2) is 13.8 Å². The van der Waals surface area contributed by atoms with Gasteiger partial charge in [0.2, 0.25) is 0 Å². The number of ketones is 1. The maximum atomic E-state index is 14.0. The lowest BCUT2D eigenvalue weighted by molar-refractivity contribution is -0.132. The number of halogens is 2. The number of hydrogen-bond acceptors (Lipinski definition) is 7. The predicted octanol–water partition coefficient (Wildman–Crippen LogP) is 7.18. The number of anilines is 1. The fraction of sp³-hybridized carbons (Fsp3) is 0.121. The highest BCUT2D eigenvalue weighted by molar-refractivity contribution is 7.22. The van der Waals surface area contributed by atoms with Gasteiger partial charge in [0.05, 0.1) is 28.4 Å². The van der Waals surface area contributed by atoms with E-state index in [0.717, 1.165) is 29.0 Å². The van der Waals surface area contributed by atoms with Gasteiger partial charge in [0.25, 0.3) is 5.78 Å². The first-order valence-corrected chi connectivity index (χ1v) is 14.2. The van der Waals surface area contributed by atoms with Crippen LogP contribution in [-0.4, -0.2) is 28.4 Å². The predicted molar refractivity (Wildman–Crippen MR) is 159 cm³/mol. The summed E-state index contributed by atoms with van der Waals surface area (Å²) in [6.07, 6.45) is 0. The second-order valence-electron chi connectivity index (χ2n) is 9.70. The summed E-state index contributed by atoms with van der Waals surface area (Å²) in [6, 6.07) is 22.5. The topological polar surface area (TPSA) is 89.0 Å². The number of benzene rings is 4. The molecular weight excluding hydrogens is 574 g/mol. The Kier molecular flexibility index (Phi) is 7.60. The average molecular weight is 599 g/mol. The summed E-state index contributed by atoms with van der Waals surface area (Å²) >= 11 is 1.04. The number of carbonyl (C=O) groups excluding carboxylic acids is 2. The SMILES string of the molecule is CCOc1cc(C2/C(=C(\O)c3ccc(F)cc3)C(=O)C(=O)N2c2nc3ccc(F)cc3s2)ccc1OCc1ccccc1. The van der Waals surface area contributed by atoms with Crippen LogP contribution in [0.3, 0.4) is 0 Å². The van der Waals surface area contributed by atoms with Gasteiger partial charge in [-0.3, -0.25) is 14.5 Å². The van der Waals surface area contributed by atoms with Crippen molar-refractivity contribution in [3.05, 3.63) is 125 Å². The fourth-order valence-corrected chi connectivity index (χ4v) is 5.93. The molecule has 43 heavy (non-hydrogen) atoms. The molecule has 1 aliphatic rings. The van der Waals surface area contributed by atoms with Crippen LogP contribution in [0.4, 0.5) is 13.9 Å². The number of nitrogens with zero attached hydrogens (tertiary/aromatic N) is 2. The van der Waals surface area contributed by atoms with Gasteiger partial charge in [-0.05, 0) is 72.6 Å². The number of aromatic nitrogens is 1. The average Bonchev–Trinajstić information content (AvgIpc) is 3.54. The molecule has 1 fully saturated rings. The lowest BCUT2D eigenvalue weighted by atomic mass is 9.95. The molecule has 0 spiro atoms. The molecule has 4 aromatic carbocycles. The van der Waals surface area contributed by atoms with Gasteiger partial charge < -0.3 is 14.6 Å². The van der Waals surface area contributed by atoms with E-state index in [-0.39, 0.29) is 22.9 Å². The van der Waals surface area contributed by atoms with E-state index in [1.807, 2.05) is 37.3 Å². The lowest BCUT2D eigenvalue weighted by Crippen LogP contribution is -2.29. The molecule has 0 radical (unpaired) electrons. The monoisotopic (exact) mass is 598 g/mol. The first-order chi connectivity index (χ1) is 20.8. The van der Waals surface area contributed by atoms with E-state index in [1.165, 1.54) is 35.2 Å². The quantitative estimate of drug-likeness (QED) is 0.116. The van der Waals surface area contributed by atoms with E-state index in [1.54, 1.807) is 18.2 Å². The Bertz CT molecular complexity index is 1870. The molecule has 0 saturated carbocycles. The number of aliphatic hydroxyl groups excluding tert-OH is 1. The summed E-state index contributed by atoms with van der Waals surface area (Å²) < 4.78 is 40.0. The Labute approximate surface area is 249 Å². The molecule has 1 aromatic heterocycles. The van der Waals surface area contributed by atoms with E-state index >= 15 is 0 Å². The molecule has 1 saturated heterocycles. The number of amides is 1. The van der Waals surface area contributed by atoms with Crippen molar-refractivity contribution in [3.8, 4) is 11.5 Å².